The molecule has 0 saturated carbocycles. The lowest BCUT2D eigenvalue weighted by Gasteiger charge is -2.19. The molecule has 0 aliphatic carbocycles. The summed E-state index contributed by atoms with van der Waals surface area (Å²) < 4.78 is 14.6. The van der Waals surface area contributed by atoms with Crippen LogP contribution in [0.2, 0.25) is 0 Å². The number of hydrogen-bond donors (Lipinski definition) is 3. The van der Waals surface area contributed by atoms with Crippen LogP contribution in [0, 0.1) is 0 Å². The smallest absolute Gasteiger partial charge is 0.444 e. The molecule has 1 rings (SSSR count). The molecular weight excluding hydrogens is 342 g/mol. The summed E-state index contributed by atoms with van der Waals surface area (Å²) in [5, 5.41) is 7.73. The predicted octanol–water partition coefficient (Wildman–Crippen LogP) is 2.87. The number of ether oxygens (including phenoxy) is 3. The predicted molar refractivity (Wildman–Crippen MR) is 95.4 cm³/mol. The Labute approximate surface area is 152 Å². The van der Waals surface area contributed by atoms with Gasteiger partial charge >= 0.3 is 18.3 Å². The van der Waals surface area contributed by atoms with Gasteiger partial charge in [0.05, 0.1) is 6.61 Å². The summed E-state index contributed by atoms with van der Waals surface area (Å²) in [6.45, 7) is 7.66. The zero-order valence-corrected chi connectivity index (χ0v) is 15.4. The lowest BCUT2D eigenvalue weighted by Crippen LogP contribution is -2.39. The monoisotopic (exact) mass is 367 g/mol. The van der Waals surface area contributed by atoms with Crippen molar-refractivity contribution in [3.63, 3.8) is 0 Å². The van der Waals surface area contributed by atoms with E-state index < -0.39 is 23.9 Å². The molecule has 3 amide bonds. The number of hydrogen-bond acceptors (Lipinski definition) is 6. The van der Waals surface area contributed by atoms with E-state index in [4.69, 9.17) is 9.47 Å². The average Bonchev–Trinajstić information content (AvgIpc) is 2.52. The van der Waals surface area contributed by atoms with Gasteiger partial charge in [-0.15, -0.1) is 0 Å². The first-order valence-corrected chi connectivity index (χ1v) is 8.16. The zero-order valence-electron chi connectivity index (χ0n) is 15.4. The Hall–Kier alpha value is -2.97. The Kier molecular flexibility index (Phi) is 8.20. The minimum absolute atomic E-state index is 0.224. The molecule has 9 nitrogen and oxygen atoms in total. The molecule has 0 aliphatic rings. The molecule has 0 bridgehead atoms. The van der Waals surface area contributed by atoms with Crippen LogP contribution in [-0.4, -0.2) is 43.6 Å². The molecular formula is C17H25N3O6. The topological polar surface area (TPSA) is 115 Å². The number of alkyl carbamates (subject to hydrolysis) is 1. The molecule has 26 heavy (non-hydrogen) atoms. The third-order valence-electron chi connectivity index (χ3n) is 2.65. The number of amides is 3. The number of carbonyl (C=O) groups is 3. The molecule has 0 radical (unpaired) electrons. The standard InChI is InChI=1S/C17H25N3O6/c1-5-24-16(23)25-13-8-6-12(7-9-13)20-14(21)18-10-11-19-15(22)26-17(2,3)4/h6-9H,5,10-11H2,1-4H3,(H,19,22)(H2,18,20,21). The summed E-state index contributed by atoms with van der Waals surface area (Å²) in [4.78, 5) is 34.4. The molecule has 0 atom stereocenters. The maximum atomic E-state index is 11.8. The van der Waals surface area contributed by atoms with Crippen molar-refractivity contribution in [1.29, 1.82) is 0 Å². The molecule has 9 heteroatoms. The maximum Gasteiger partial charge on any atom is 0.513 e. The van der Waals surface area contributed by atoms with E-state index in [2.05, 4.69) is 20.7 Å². The number of rotatable bonds is 6. The number of nitrogens with one attached hydrogen (secondary N) is 3. The highest BCUT2D eigenvalue weighted by Gasteiger charge is 2.15. The van der Waals surface area contributed by atoms with Crippen LogP contribution in [-0.2, 0) is 9.47 Å². The molecule has 3 N–H and O–H groups in total. The van der Waals surface area contributed by atoms with Gasteiger partial charge in [0.15, 0.2) is 0 Å². The largest absolute Gasteiger partial charge is 0.513 e. The minimum atomic E-state index is -0.788. The average molecular weight is 367 g/mol. The van der Waals surface area contributed by atoms with Gasteiger partial charge in [-0.05, 0) is 52.0 Å². The van der Waals surface area contributed by atoms with E-state index in [0.29, 0.717) is 11.4 Å². The molecule has 0 saturated heterocycles. The first kappa shape index (κ1) is 21.1. The summed E-state index contributed by atoms with van der Waals surface area (Å²) in [6.07, 6.45) is -1.33. The molecule has 0 aromatic heterocycles. The Morgan fingerprint density at radius 1 is 1.00 bits per heavy atom. The summed E-state index contributed by atoms with van der Waals surface area (Å²) in [6, 6.07) is 5.77. The molecule has 0 unspecified atom stereocenters. The molecule has 0 heterocycles. The van der Waals surface area contributed by atoms with E-state index in [9.17, 15) is 14.4 Å². The number of carbonyl (C=O) groups excluding carboxylic acids is 3. The van der Waals surface area contributed by atoms with Crippen LogP contribution in [0.15, 0.2) is 24.3 Å². The van der Waals surface area contributed by atoms with Crippen molar-refractivity contribution < 1.29 is 28.6 Å². The minimum Gasteiger partial charge on any atom is -0.444 e. The van der Waals surface area contributed by atoms with E-state index in [0.717, 1.165) is 0 Å². The molecule has 1 aromatic carbocycles. The van der Waals surface area contributed by atoms with Gasteiger partial charge in [-0.25, -0.2) is 14.4 Å². The zero-order chi connectivity index (χ0) is 19.6. The van der Waals surface area contributed by atoms with Crippen molar-refractivity contribution in [2.45, 2.75) is 33.3 Å². The number of urea groups is 1. The Bertz CT molecular complexity index is 610. The van der Waals surface area contributed by atoms with Crippen molar-refractivity contribution in [2.75, 3.05) is 25.0 Å². The van der Waals surface area contributed by atoms with Gasteiger partial charge in [0.25, 0.3) is 0 Å². The van der Waals surface area contributed by atoms with Crippen LogP contribution in [0.5, 0.6) is 5.75 Å². The SMILES string of the molecule is CCOC(=O)Oc1ccc(NC(=O)NCCNC(=O)OC(C)(C)C)cc1. The fourth-order valence-corrected chi connectivity index (χ4v) is 1.68. The van der Waals surface area contributed by atoms with Crippen LogP contribution in [0.1, 0.15) is 27.7 Å². The third-order valence-corrected chi connectivity index (χ3v) is 2.65. The third kappa shape index (κ3) is 9.36. The quantitative estimate of drug-likeness (QED) is 0.405. The van der Waals surface area contributed by atoms with Crippen molar-refractivity contribution in [1.82, 2.24) is 10.6 Å². The van der Waals surface area contributed by atoms with Crippen molar-refractivity contribution in [3.8, 4) is 5.75 Å². The van der Waals surface area contributed by atoms with Crippen molar-refractivity contribution in [3.05, 3.63) is 24.3 Å². The Balaban J connectivity index is 2.28. The maximum absolute atomic E-state index is 11.8. The highest BCUT2D eigenvalue weighted by atomic mass is 16.7. The first-order chi connectivity index (χ1) is 12.2. The van der Waals surface area contributed by atoms with Gasteiger partial charge in [-0.1, -0.05) is 0 Å². The van der Waals surface area contributed by atoms with Crippen LogP contribution in [0.25, 0.3) is 0 Å². The second-order valence-corrected chi connectivity index (χ2v) is 6.12. The van der Waals surface area contributed by atoms with Crippen LogP contribution in [0.4, 0.5) is 20.1 Å². The fraction of sp³-hybridized carbons (Fsp3) is 0.471. The van der Waals surface area contributed by atoms with Gasteiger partial charge < -0.3 is 30.2 Å². The Morgan fingerprint density at radius 2 is 1.62 bits per heavy atom. The lowest BCUT2D eigenvalue weighted by molar-refractivity contribution is 0.0528. The van der Waals surface area contributed by atoms with Crippen molar-refractivity contribution in [2.24, 2.45) is 0 Å². The second-order valence-electron chi connectivity index (χ2n) is 6.12. The van der Waals surface area contributed by atoms with Gasteiger partial charge in [-0.3, -0.25) is 0 Å². The summed E-state index contributed by atoms with van der Waals surface area (Å²) in [5.41, 5.74) is -0.0586. The molecule has 144 valence electrons. The van der Waals surface area contributed by atoms with Crippen molar-refractivity contribution >= 4 is 24.0 Å². The number of anilines is 1. The molecule has 0 aliphatic heterocycles. The van der Waals surface area contributed by atoms with E-state index in [1.165, 1.54) is 12.1 Å². The highest BCUT2D eigenvalue weighted by molar-refractivity contribution is 5.89. The van der Waals surface area contributed by atoms with Gasteiger partial charge in [-0.2, -0.15) is 0 Å². The molecule has 1 aromatic rings. The second kappa shape index (κ2) is 10.1. The van der Waals surface area contributed by atoms with Gasteiger partial charge in [0, 0.05) is 18.8 Å². The van der Waals surface area contributed by atoms with E-state index in [-0.39, 0.29) is 19.7 Å². The summed E-state index contributed by atoms with van der Waals surface area (Å²) >= 11 is 0. The van der Waals surface area contributed by atoms with Gasteiger partial charge in [0.1, 0.15) is 11.4 Å². The summed E-state index contributed by atoms with van der Waals surface area (Å²) in [7, 11) is 0. The van der Waals surface area contributed by atoms with E-state index in [1.807, 2.05) is 0 Å². The van der Waals surface area contributed by atoms with Gasteiger partial charge in [0.2, 0.25) is 0 Å². The highest BCUT2D eigenvalue weighted by Crippen LogP contribution is 2.16. The fourth-order valence-electron chi connectivity index (χ4n) is 1.68. The van der Waals surface area contributed by atoms with Crippen LogP contribution < -0.4 is 20.7 Å². The molecule has 0 fully saturated rings. The number of benzene rings is 1. The van der Waals surface area contributed by atoms with E-state index >= 15 is 0 Å². The van der Waals surface area contributed by atoms with Crippen LogP contribution >= 0.6 is 0 Å². The lowest BCUT2D eigenvalue weighted by atomic mass is 10.2. The van der Waals surface area contributed by atoms with Crippen LogP contribution in [0.3, 0.4) is 0 Å². The van der Waals surface area contributed by atoms with E-state index in [1.54, 1.807) is 39.8 Å². The first-order valence-electron chi connectivity index (χ1n) is 8.16. The normalized spacial score (nSPS) is 10.5. The summed E-state index contributed by atoms with van der Waals surface area (Å²) in [5.74, 6) is 0.302. The molecule has 0 spiro atoms. The Morgan fingerprint density at radius 3 is 2.19 bits per heavy atom.